The van der Waals surface area contributed by atoms with E-state index in [1.165, 1.54) is 30.7 Å². The molecule has 1 fully saturated rings. The van der Waals surface area contributed by atoms with Crippen molar-refractivity contribution in [2.45, 2.75) is 23.8 Å². The maximum absolute atomic E-state index is 13.3. The molecule has 1 N–H and O–H groups in total. The molecule has 0 saturated carbocycles. The highest BCUT2D eigenvalue weighted by atomic mass is 32.2. The van der Waals surface area contributed by atoms with Gasteiger partial charge in [0, 0.05) is 12.6 Å². The first kappa shape index (κ1) is 21.9. The summed E-state index contributed by atoms with van der Waals surface area (Å²) in [4.78, 5) is 12.7. The van der Waals surface area contributed by atoms with Crippen LogP contribution in [0.25, 0.3) is 0 Å². The predicted octanol–water partition coefficient (Wildman–Crippen LogP) is 2.05. The van der Waals surface area contributed by atoms with Gasteiger partial charge in [-0.2, -0.15) is 4.31 Å². The third-order valence-electron chi connectivity index (χ3n) is 4.88. The first-order chi connectivity index (χ1) is 14.5. The monoisotopic (exact) mass is 434 g/mol. The molecule has 0 aliphatic carbocycles. The maximum Gasteiger partial charge on any atom is 0.247 e. The van der Waals surface area contributed by atoms with Gasteiger partial charge >= 0.3 is 0 Å². The van der Waals surface area contributed by atoms with E-state index in [9.17, 15) is 13.2 Å². The van der Waals surface area contributed by atoms with Gasteiger partial charge in [-0.05, 0) is 37.1 Å². The van der Waals surface area contributed by atoms with Crippen molar-refractivity contribution in [3.8, 4) is 17.2 Å². The van der Waals surface area contributed by atoms with Crippen LogP contribution >= 0.6 is 0 Å². The Hall–Kier alpha value is -2.78. The number of sulfonamides is 1. The number of carbonyl (C=O) groups is 1. The third-order valence-corrected chi connectivity index (χ3v) is 6.81. The van der Waals surface area contributed by atoms with Crippen molar-refractivity contribution in [3.63, 3.8) is 0 Å². The van der Waals surface area contributed by atoms with Gasteiger partial charge in [0.2, 0.25) is 15.9 Å². The lowest BCUT2D eigenvalue weighted by atomic mass is 10.2. The third kappa shape index (κ3) is 4.85. The van der Waals surface area contributed by atoms with Crippen molar-refractivity contribution in [1.82, 2.24) is 9.62 Å². The first-order valence-corrected chi connectivity index (χ1v) is 11.1. The van der Waals surface area contributed by atoms with Crippen LogP contribution in [0.3, 0.4) is 0 Å². The average molecular weight is 435 g/mol. The fourth-order valence-electron chi connectivity index (χ4n) is 3.38. The second-order valence-electron chi connectivity index (χ2n) is 6.74. The van der Waals surface area contributed by atoms with Crippen LogP contribution in [0.4, 0.5) is 0 Å². The number of rotatable bonds is 9. The lowest BCUT2D eigenvalue weighted by Gasteiger charge is -2.24. The van der Waals surface area contributed by atoms with Crippen LogP contribution < -0.4 is 19.5 Å². The van der Waals surface area contributed by atoms with Crippen molar-refractivity contribution in [3.05, 3.63) is 48.5 Å². The molecule has 1 aliphatic heterocycles. The van der Waals surface area contributed by atoms with E-state index in [2.05, 4.69) is 5.32 Å². The molecule has 1 unspecified atom stereocenters. The molecule has 9 heteroatoms. The molecule has 0 bridgehead atoms. The summed E-state index contributed by atoms with van der Waals surface area (Å²) in [7, 11) is -1.08. The molecule has 2 aromatic carbocycles. The number of para-hydroxylation sites is 1. The number of ether oxygens (including phenoxy) is 3. The molecule has 2 aromatic rings. The van der Waals surface area contributed by atoms with E-state index in [1.807, 2.05) is 30.3 Å². The fourth-order valence-corrected chi connectivity index (χ4v) is 5.21. The summed E-state index contributed by atoms with van der Waals surface area (Å²) in [6, 6.07) is 13.1. The quantitative estimate of drug-likeness (QED) is 0.607. The zero-order valence-corrected chi connectivity index (χ0v) is 17.9. The number of hydrogen-bond acceptors (Lipinski definition) is 6. The zero-order chi connectivity index (χ0) is 21.6. The van der Waals surface area contributed by atoms with Crippen LogP contribution in [-0.4, -0.2) is 58.6 Å². The van der Waals surface area contributed by atoms with Crippen LogP contribution in [0.15, 0.2) is 53.4 Å². The normalized spacial score (nSPS) is 16.8. The van der Waals surface area contributed by atoms with Gasteiger partial charge in [-0.25, -0.2) is 8.42 Å². The Bertz CT molecular complexity index is 965. The van der Waals surface area contributed by atoms with E-state index in [4.69, 9.17) is 14.2 Å². The average Bonchev–Trinajstić information content (AvgIpc) is 3.28. The number of carbonyl (C=O) groups excluding carboxylic acids is 1. The Morgan fingerprint density at radius 3 is 2.57 bits per heavy atom. The van der Waals surface area contributed by atoms with E-state index in [0.29, 0.717) is 30.9 Å². The van der Waals surface area contributed by atoms with Gasteiger partial charge in [0.25, 0.3) is 0 Å². The van der Waals surface area contributed by atoms with Crippen molar-refractivity contribution < 1.29 is 27.4 Å². The molecule has 1 saturated heterocycles. The Morgan fingerprint density at radius 1 is 1.10 bits per heavy atom. The highest BCUT2D eigenvalue weighted by Crippen LogP contribution is 2.34. The van der Waals surface area contributed by atoms with Crippen LogP contribution in [0.5, 0.6) is 17.2 Å². The second kappa shape index (κ2) is 9.82. The van der Waals surface area contributed by atoms with E-state index in [0.717, 1.165) is 0 Å². The Kier molecular flexibility index (Phi) is 7.17. The fraction of sp³-hybridized carbons (Fsp3) is 0.381. The topological polar surface area (TPSA) is 94.2 Å². The van der Waals surface area contributed by atoms with Crippen molar-refractivity contribution in [1.29, 1.82) is 0 Å². The predicted molar refractivity (Wildman–Crippen MR) is 111 cm³/mol. The van der Waals surface area contributed by atoms with Crippen LogP contribution in [-0.2, 0) is 14.8 Å². The molecular formula is C21H26N2O6S. The van der Waals surface area contributed by atoms with Crippen molar-refractivity contribution >= 4 is 15.9 Å². The number of benzene rings is 2. The summed E-state index contributed by atoms with van der Waals surface area (Å²) in [5.74, 6) is 0.974. The smallest absolute Gasteiger partial charge is 0.247 e. The lowest BCUT2D eigenvalue weighted by molar-refractivity contribution is -0.124. The molecule has 3 rings (SSSR count). The van der Waals surface area contributed by atoms with E-state index in [-0.39, 0.29) is 29.6 Å². The molecule has 1 heterocycles. The van der Waals surface area contributed by atoms with Gasteiger partial charge < -0.3 is 19.5 Å². The Labute approximate surface area is 176 Å². The van der Waals surface area contributed by atoms with E-state index >= 15 is 0 Å². The van der Waals surface area contributed by atoms with Crippen molar-refractivity contribution in [2.75, 3.05) is 33.9 Å². The van der Waals surface area contributed by atoms with Crippen molar-refractivity contribution in [2.24, 2.45) is 0 Å². The van der Waals surface area contributed by atoms with Crippen LogP contribution in [0.2, 0.25) is 0 Å². The van der Waals surface area contributed by atoms with Gasteiger partial charge in [-0.15, -0.1) is 0 Å². The van der Waals surface area contributed by atoms with Gasteiger partial charge in [-0.3, -0.25) is 4.79 Å². The minimum absolute atomic E-state index is 0.0172. The number of methoxy groups -OCH3 is 2. The zero-order valence-electron chi connectivity index (χ0n) is 17.0. The number of nitrogens with zero attached hydrogens (tertiary/aromatic N) is 1. The summed E-state index contributed by atoms with van der Waals surface area (Å²) in [5, 5.41) is 2.77. The van der Waals surface area contributed by atoms with Gasteiger partial charge in [0.05, 0.1) is 20.8 Å². The molecule has 0 spiro atoms. The standard InChI is InChI=1S/C21H26N2O6S/c1-27-17-10-11-19(28-2)20(15-17)30(25,26)23-13-6-9-18(23)21(24)22-12-14-29-16-7-4-3-5-8-16/h3-5,7-8,10-11,15,18H,6,9,12-14H2,1-2H3,(H,22,24). The summed E-state index contributed by atoms with van der Waals surface area (Å²) < 4.78 is 43.8. The largest absolute Gasteiger partial charge is 0.497 e. The van der Waals surface area contributed by atoms with Crippen LogP contribution in [0, 0.1) is 0 Å². The Morgan fingerprint density at radius 2 is 1.87 bits per heavy atom. The molecule has 1 aliphatic rings. The molecule has 0 radical (unpaired) electrons. The van der Waals surface area contributed by atoms with Gasteiger partial charge in [0.1, 0.15) is 34.8 Å². The van der Waals surface area contributed by atoms with Gasteiger partial charge in [0.15, 0.2) is 0 Å². The number of nitrogens with one attached hydrogen (secondary N) is 1. The van der Waals surface area contributed by atoms with Crippen LogP contribution in [0.1, 0.15) is 12.8 Å². The SMILES string of the molecule is COc1ccc(OC)c(S(=O)(=O)N2CCCC2C(=O)NCCOc2ccccc2)c1. The molecule has 162 valence electrons. The highest BCUT2D eigenvalue weighted by Gasteiger charge is 2.40. The number of hydrogen-bond donors (Lipinski definition) is 1. The lowest BCUT2D eigenvalue weighted by Crippen LogP contribution is -2.46. The highest BCUT2D eigenvalue weighted by molar-refractivity contribution is 7.89. The summed E-state index contributed by atoms with van der Waals surface area (Å²) in [5.41, 5.74) is 0. The maximum atomic E-state index is 13.3. The summed E-state index contributed by atoms with van der Waals surface area (Å²) in [6.07, 6.45) is 1.06. The molecule has 1 amide bonds. The molecular weight excluding hydrogens is 408 g/mol. The van der Waals surface area contributed by atoms with E-state index < -0.39 is 16.1 Å². The second-order valence-corrected chi connectivity index (χ2v) is 8.60. The Balaban J connectivity index is 1.67. The summed E-state index contributed by atoms with van der Waals surface area (Å²) >= 11 is 0. The van der Waals surface area contributed by atoms with Gasteiger partial charge in [-0.1, -0.05) is 18.2 Å². The molecule has 1 atom stereocenters. The summed E-state index contributed by atoms with van der Waals surface area (Å²) in [6.45, 7) is 0.834. The van der Waals surface area contributed by atoms with E-state index in [1.54, 1.807) is 6.07 Å². The molecule has 0 aromatic heterocycles. The molecule has 30 heavy (non-hydrogen) atoms. The first-order valence-electron chi connectivity index (χ1n) is 9.67. The minimum Gasteiger partial charge on any atom is -0.497 e. The molecule has 8 nitrogen and oxygen atoms in total. The minimum atomic E-state index is -3.95. The number of amides is 1.